The highest BCUT2D eigenvalue weighted by atomic mass is 16.5. The van der Waals surface area contributed by atoms with Crippen LogP contribution in [0.4, 0.5) is 0 Å². The number of aromatic nitrogens is 1. The average Bonchev–Trinajstić information content (AvgIpc) is 3.42. The lowest BCUT2D eigenvalue weighted by atomic mass is 9.81. The van der Waals surface area contributed by atoms with Crippen molar-refractivity contribution in [1.29, 1.82) is 0 Å². The third kappa shape index (κ3) is 3.66. The molecule has 2 atom stereocenters. The maximum absolute atomic E-state index is 11.6. The van der Waals surface area contributed by atoms with Gasteiger partial charge in [-0.15, -0.1) is 0 Å². The van der Waals surface area contributed by atoms with Gasteiger partial charge in [0.05, 0.1) is 5.60 Å². The van der Waals surface area contributed by atoms with E-state index in [0.29, 0.717) is 5.56 Å². The van der Waals surface area contributed by atoms with Crippen molar-refractivity contribution < 1.29 is 9.53 Å². The van der Waals surface area contributed by atoms with E-state index in [1.807, 2.05) is 18.3 Å². The molecule has 0 radical (unpaired) electrons. The number of ether oxygens (including phenoxy) is 1. The zero-order valence-corrected chi connectivity index (χ0v) is 18.4. The average molecular weight is 418 g/mol. The zero-order valence-electron chi connectivity index (χ0n) is 18.4. The number of benzene rings is 2. The number of hydrogen-bond acceptors (Lipinski definition) is 3. The second kappa shape index (κ2) is 7.81. The number of nitrogens with zero attached hydrogens (tertiary/aromatic N) is 1. The van der Waals surface area contributed by atoms with Crippen LogP contribution in [0.2, 0.25) is 0 Å². The van der Waals surface area contributed by atoms with Gasteiger partial charge in [0.15, 0.2) is 0 Å². The lowest BCUT2D eigenvalue weighted by molar-refractivity contribution is -0.0675. The van der Waals surface area contributed by atoms with Crippen molar-refractivity contribution in [2.24, 2.45) is 5.73 Å². The number of likely N-dealkylation sites (tertiary alicyclic amines) is 1. The summed E-state index contributed by atoms with van der Waals surface area (Å²) in [4.78, 5) is 17.6. The first kappa shape index (κ1) is 20.3. The number of H-pyrrole nitrogens is 1. The lowest BCUT2D eigenvalue weighted by Gasteiger charge is -2.45. The smallest absolute Gasteiger partial charge is 0.248 e. The first-order valence-electron chi connectivity index (χ1n) is 11.3. The monoisotopic (exact) mass is 417 g/mol. The van der Waals surface area contributed by atoms with Crippen LogP contribution in [0.5, 0.6) is 0 Å². The van der Waals surface area contributed by atoms with E-state index in [0.717, 1.165) is 45.4 Å². The van der Waals surface area contributed by atoms with Crippen LogP contribution >= 0.6 is 0 Å². The molecule has 5 rings (SSSR count). The molecule has 0 bridgehead atoms. The number of rotatable bonds is 4. The van der Waals surface area contributed by atoms with Crippen LogP contribution in [0.15, 0.2) is 42.6 Å². The third-order valence-corrected chi connectivity index (χ3v) is 7.36. The molecule has 3 heterocycles. The van der Waals surface area contributed by atoms with E-state index in [2.05, 4.69) is 48.0 Å². The quantitative estimate of drug-likeness (QED) is 0.642. The molecule has 3 N–H and O–H groups in total. The molecular formula is C26H31N3O2. The van der Waals surface area contributed by atoms with E-state index in [-0.39, 0.29) is 17.6 Å². The summed E-state index contributed by atoms with van der Waals surface area (Å²) in [6.07, 6.45) is 6.39. The van der Waals surface area contributed by atoms with E-state index in [1.54, 1.807) is 0 Å². The number of amides is 1. The van der Waals surface area contributed by atoms with Gasteiger partial charge in [0, 0.05) is 48.4 Å². The lowest BCUT2D eigenvalue weighted by Crippen LogP contribution is -2.45. The Morgan fingerprint density at radius 2 is 2.00 bits per heavy atom. The van der Waals surface area contributed by atoms with E-state index in [9.17, 15) is 4.79 Å². The largest absolute Gasteiger partial charge is 0.375 e. The van der Waals surface area contributed by atoms with Crippen LogP contribution in [0.1, 0.15) is 64.3 Å². The van der Waals surface area contributed by atoms with Crippen molar-refractivity contribution in [2.75, 3.05) is 13.2 Å². The Bertz CT molecular complexity index is 1110. The fourth-order valence-electron chi connectivity index (χ4n) is 5.64. The van der Waals surface area contributed by atoms with E-state index >= 15 is 0 Å². The number of nitrogens with two attached hydrogens (primary N) is 1. The number of carbonyl (C=O) groups excluding carboxylic acids is 1. The minimum Gasteiger partial charge on any atom is -0.375 e. The molecule has 5 heteroatoms. The van der Waals surface area contributed by atoms with E-state index in [4.69, 9.17) is 10.5 Å². The predicted octanol–water partition coefficient (Wildman–Crippen LogP) is 4.77. The van der Waals surface area contributed by atoms with Gasteiger partial charge in [0.1, 0.15) is 0 Å². The van der Waals surface area contributed by atoms with Crippen molar-refractivity contribution in [1.82, 2.24) is 9.88 Å². The highest BCUT2D eigenvalue weighted by Gasteiger charge is 2.43. The summed E-state index contributed by atoms with van der Waals surface area (Å²) >= 11 is 0. The van der Waals surface area contributed by atoms with Gasteiger partial charge < -0.3 is 15.5 Å². The Morgan fingerprint density at radius 3 is 2.71 bits per heavy atom. The molecule has 2 aliphatic rings. The van der Waals surface area contributed by atoms with Gasteiger partial charge >= 0.3 is 0 Å². The summed E-state index contributed by atoms with van der Waals surface area (Å²) in [6.45, 7) is 7.16. The molecule has 162 valence electrons. The summed E-state index contributed by atoms with van der Waals surface area (Å²) in [7, 11) is 0. The first-order chi connectivity index (χ1) is 15.0. The van der Waals surface area contributed by atoms with Crippen LogP contribution in [0.3, 0.4) is 0 Å². The molecule has 0 saturated carbocycles. The standard InChI is InChI=1S/C26H31N3O2/c1-17-14-18(2)24-21(8-11-28-24)22(17)16-29-12-10-26(9-3-13-31-26)15-23(29)19-4-6-20(7-5-19)25(27)30/h4-8,11,14,23,28H,3,9-10,12-13,15-16H2,1-2H3,(H2,27,30). The number of primary amides is 1. The van der Waals surface area contributed by atoms with Gasteiger partial charge in [0.2, 0.25) is 5.91 Å². The molecule has 1 amide bonds. The molecule has 3 aromatic rings. The van der Waals surface area contributed by atoms with Gasteiger partial charge in [-0.25, -0.2) is 0 Å². The third-order valence-electron chi connectivity index (χ3n) is 7.36. The fourth-order valence-corrected chi connectivity index (χ4v) is 5.64. The summed E-state index contributed by atoms with van der Waals surface area (Å²) in [5, 5.41) is 1.32. The molecule has 2 aliphatic heterocycles. The van der Waals surface area contributed by atoms with Crippen LogP contribution < -0.4 is 5.73 Å². The van der Waals surface area contributed by atoms with Gasteiger partial charge in [-0.05, 0) is 80.0 Å². The fraction of sp³-hybridized carbons (Fsp3) is 0.423. The van der Waals surface area contributed by atoms with Crippen molar-refractivity contribution in [3.8, 4) is 0 Å². The minimum atomic E-state index is -0.382. The SMILES string of the molecule is Cc1cc(C)c2[nH]ccc2c1CN1CCC2(CCCO2)CC1c1ccc(C(N)=O)cc1. The number of carbonyl (C=O) groups is 1. The number of nitrogens with one attached hydrogen (secondary N) is 1. The first-order valence-corrected chi connectivity index (χ1v) is 11.3. The maximum Gasteiger partial charge on any atom is 0.248 e. The van der Waals surface area contributed by atoms with Crippen LogP contribution in [-0.4, -0.2) is 34.5 Å². The number of aryl methyl sites for hydroxylation is 2. The Balaban J connectivity index is 1.50. The predicted molar refractivity (Wildman–Crippen MR) is 123 cm³/mol. The molecule has 31 heavy (non-hydrogen) atoms. The molecule has 5 nitrogen and oxygen atoms in total. The number of fused-ring (bicyclic) bond motifs is 1. The van der Waals surface area contributed by atoms with Crippen LogP contribution in [0.25, 0.3) is 10.9 Å². The van der Waals surface area contributed by atoms with Gasteiger partial charge in [-0.1, -0.05) is 18.2 Å². The second-order valence-electron chi connectivity index (χ2n) is 9.32. The van der Waals surface area contributed by atoms with E-state index in [1.165, 1.54) is 33.2 Å². The molecule has 2 fully saturated rings. The molecule has 1 aromatic heterocycles. The molecule has 2 saturated heterocycles. The van der Waals surface area contributed by atoms with Gasteiger partial charge in [0.25, 0.3) is 0 Å². The van der Waals surface area contributed by atoms with Crippen molar-refractivity contribution in [3.63, 3.8) is 0 Å². The summed E-state index contributed by atoms with van der Waals surface area (Å²) in [6, 6.07) is 12.6. The highest BCUT2D eigenvalue weighted by molar-refractivity contribution is 5.92. The Labute approximate surface area is 183 Å². The molecule has 0 aliphatic carbocycles. The topological polar surface area (TPSA) is 71.3 Å². The Hall–Kier alpha value is -2.63. The summed E-state index contributed by atoms with van der Waals surface area (Å²) < 4.78 is 6.29. The zero-order chi connectivity index (χ0) is 21.6. The Kier molecular flexibility index (Phi) is 5.11. The van der Waals surface area contributed by atoms with Crippen molar-refractivity contribution >= 4 is 16.8 Å². The van der Waals surface area contributed by atoms with Crippen molar-refractivity contribution in [3.05, 3.63) is 70.4 Å². The van der Waals surface area contributed by atoms with Crippen LogP contribution in [-0.2, 0) is 11.3 Å². The van der Waals surface area contributed by atoms with E-state index < -0.39 is 0 Å². The van der Waals surface area contributed by atoms with Crippen molar-refractivity contribution in [2.45, 2.75) is 57.7 Å². The van der Waals surface area contributed by atoms with Gasteiger partial charge in [-0.3, -0.25) is 9.69 Å². The highest BCUT2D eigenvalue weighted by Crippen LogP contribution is 2.45. The molecular weight excluding hydrogens is 386 g/mol. The van der Waals surface area contributed by atoms with Gasteiger partial charge in [-0.2, -0.15) is 0 Å². The molecule has 2 aromatic carbocycles. The number of hydrogen-bond donors (Lipinski definition) is 2. The summed E-state index contributed by atoms with van der Waals surface area (Å²) in [5.74, 6) is -0.382. The molecule has 2 unspecified atom stereocenters. The minimum absolute atomic E-state index is 0.00471. The Morgan fingerprint density at radius 1 is 1.19 bits per heavy atom. The second-order valence-corrected chi connectivity index (χ2v) is 9.32. The normalized spacial score (nSPS) is 24.3. The number of aromatic amines is 1. The summed E-state index contributed by atoms with van der Waals surface area (Å²) in [5.41, 5.74) is 12.5. The van der Waals surface area contributed by atoms with Crippen LogP contribution in [0, 0.1) is 13.8 Å². The number of piperidine rings is 1. The maximum atomic E-state index is 11.6. The molecule has 1 spiro atoms.